The maximum Gasteiger partial charge on any atom is 0.168 e. The number of imidazole rings is 1. The number of hydrogen-bond donors (Lipinski definition) is 0. The Bertz CT molecular complexity index is 575. The molecule has 0 saturated heterocycles. The molecular formula is C14H15ClN2O. The average Bonchev–Trinajstić information content (AvgIpc) is 2.64. The molecule has 0 unspecified atom stereocenters. The summed E-state index contributed by atoms with van der Waals surface area (Å²) >= 11 is 6.11. The molecule has 3 nitrogen and oxygen atoms in total. The van der Waals surface area contributed by atoms with Crippen molar-refractivity contribution in [3.63, 3.8) is 0 Å². The van der Waals surface area contributed by atoms with Gasteiger partial charge in [0, 0.05) is 12.1 Å². The van der Waals surface area contributed by atoms with Crippen molar-refractivity contribution in [2.24, 2.45) is 7.05 Å². The van der Waals surface area contributed by atoms with Gasteiger partial charge in [0.25, 0.3) is 0 Å². The van der Waals surface area contributed by atoms with E-state index in [4.69, 9.17) is 11.6 Å². The fraction of sp³-hybridized carbons (Fsp3) is 0.286. The molecular weight excluding hydrogens is 248 g/mol. The Morgan fingerprint density at radius 3 is 2.72 bits per heavy atom. The molecule has 0 aliphatic rings. The largest absolute Gasteiger partial charge is 0.329 e. The van der Waals surface area contributed by atoms with Crippen molar-refractivity contribution in [2.45, 2.75) is 19.8 Å². The normalized spacial score (nSPS) is 10.6. The zero-order valence-corrected chi connectivity index (χ0v) is 11.2. The first-order valence-corrected chi connectivity index (χ1v) is 6.22. The second-order valence-corrected chi connectivity index (χ2v) is 4.67. The number of halogens is 1. The molecule has 0 aliphatic carbocycles. The van der Waals surface area contributed by atoms with Crippen molar-refractivity contribution in [3.05, 3.63) is 52.1 Å². The van der Waals surface area contributed by atoms with Gasteiger partial charge >= 0.3 is 0 Å². The fourth-order valence-electron chi connectivity index (χ4n) is 1.98. The van der Waals surface area contributed by atoms with Crippen molar-refractivity contribution in [3.8, 4) is 0 Å². The van der Waals surface area contributed by atoms with Crippen LogP contribution in [0.1, 0.15) is 27.6 Å². The highest BCUT2D eigenvalue weighted by Crippen LogP contribution is 2.18. The molecule has 18 heavy (non-hydrogen) atoms. The number of carbonyl (C=O) groups excluding carboxylic acids is 1. The summed E-state index contributed by atoms with van der Waals surface area (Å²) in [4.78, 5) is 15.5. The average molecular weight is 263 g/mol. The Labute approximate surface area is 111 Å². The Morgan fingerprint density at radius 1 is 1.33 bits per heavy atom. The zero-order valence-electron chi connectivity index (χ0n) is 10.5. The number of aldehydes is 1. The van der Waals surface area contributed by atoms with Gasteiger partial charge in [-0.05, 0) is 31.4 Å². The smallest absolute Gasteiger partial charge is 0.168 e. The summed E-state index contributed by atoms with van der Waals surface area (Å²) in [6.45, 7) is 1.89. The molecule has 0 bridgehead atoms. The number of carbonyl (C=O) groups is 1. The molecule has 2 rings (SSSR count). The first kappa shape index (κ1) is 12.8. The predicted octanol–water partition coefficient (Wildman–Crippen LogP) is 2.98. The quantitative estimate of drug-likeness (QED) is 0.794. The van der Waals surface area contributed by atoms with Gasteiger partial charge in [0.1, 0.15) is 11.5 Å². The Hall–Kier alpha value is -1.61. The van der Waals surface area contributed by atoms with E-state index in [-0.39, 0.29) is 0 Å². The number of nitrogens with zero attached hydrogens (tertiary/aromatic N) is 2. The molecule has 0 spiro atoms. The van der Waals surface area contributed by atoms with E-state index in [1.807, 2.05) is 42.8 Å². The maximum atomic E-state index is 11.1. The van der Waals surface area contributed by atoms with E-state index in [1.54, 1.807) is 0 Å². The van der Waals surface area contributed by atoms with Crippen LogP contribution in [0, 0.1) is 6.92 Å². The van der Waals surface area contributed by atoms with Crippen molar-refractivity contribution in [2.75, 3.05) is 0 Å². The van der Waals surface area contributed by atoms with Crippen molar-refractivity contribution >= 4 is 17.9 Å². The van der Waals surface area contributed by atoms with Crippen LogP contribution in [-0.4, -0.2) is 15.8 Å². The summed E-state index contributed by atoms with van der Waals surface area (Å²) in [5, 5.41) is 0.762. The van der Waals surface area contributed by atoms with Gasteiger partial charge in [-0.2, -0.15) is 0 Å². The Balaban J connectivity index is 2.18. The third kappa shape index (κ3) is 2.46. The van der Waals surface area contributed by atoms with Gasteiger partial charge in [-0.15, -0.1) is 0 Å². The van der Waals surface area contributed by atoms with Crippen molar-refractivity contribution in [1.82, 2.24) is 9.55 Å². The van der Waals surface area contributed by atoms with Gasteiger partial charge in [0.2, 0.25) is 0 Å². The second kappa shape index (κ2) is 5.36. The third-order valence-corrected chi connectivity index (χ3v) is 3.51. The third-order valence-electron chi connectivity index (χ3n) is 3.14. The summed E-state index contributed by atoms with van der Waals surface area (Å²) in [7, 11) is 1.85. The minimum Gasteiger partial charge on any atom is -0.329 e. The SMILES string of the molecule is Cc1nc(CCc2ccccc2Cl)c(C=O)n1C. The van der Waals surface area contributed by atoms with Crippen LogP contribution in [0.2, 0.25) is 5.02 Å². The van der Waals surface area contributed by atoms with Crippen LogP contribution < -0.4 is 0 Å². The number of aryl methyl sites for hydroxylation is 3. The molecule has 1 aromatic heterocycles. The Morgan fingerprint density at radius 2 is 2.06 bits per heavy atom. The molecule has 0 atom stereocenters. The van der Waals surface area contributed by atoms with Crippen LogP contribution in [0.4, 0.5) is 0 Å². The van der Waals surface area contributed by atoms with E-state index >= 15 is 0 Å². The van der Waals surface area contributed by atoms with E-state index in [0.717, 1.165) is 41.2 Å². The lowest BCUT2D eigenvalue weighted by atomic mass is 10.1. The minimum absolute atomic E-state index is 0.652. The highest BCUT2D eigenvalue weighted by molar-refractivity contribution is 6.31. The van der Waals surface area contributed by atoms with Crippen molar-refractivity contribution < 1.29 is 4.79 Å². The number of benzene rings is 1. The van der Waals surface area contributed by atoms with Crippen LogP contribution in [0.3, 0.4) is 0 Å². The lowest BCUT2D eigenvalue weighted by molar-refractivity contribution is 0.111. The highest BCUT2D eigenvalue weighted by atomic mass is 35.5. The van der Waals surface area contributed by atoms with Gasteiger partial charge in [-0.25, -0.2) is 4.98 Å². The number of aromatic nitrogens is 2. The summed E-state index contributed by atoms with van der Waals surface area (Å²) < 4.78 is 1.81. The van der Waals surface area contributed by atoms with E-state index < -0.39 is 0 Å². The van der Waals surface area contributed by atoms with Gasteiger partial charge < -0.3 is 4.57 Å². The van der Waals surface area contributed by atoms with Gasteiger partial charge in [-0.3, -0.25) is 4.79 Å². The number of rotatable bonds is 4. The zero-order chi connectivity index (χ0) is 13.1. The molecule has 0 aliphatic heterocycles. The summed E-state index contributed by atoms with van der Waals surface area (Å²) in [6.07, 6.45) is 2.37. The van der Waals surface area contributed by atoms with Crippen molar-refractivity contribution in [1.29, 1.82) is 0 Å². The van der Waals surface area contributed by atoms with Crippen LogP contribution in [0.25, 0.3) is 0 Å². The van der Waals surface area contributed by atoms with E-state index in [1.165, 1.54) is 0 Å². The molecule has 0 amide bonds. The highest BCUT2D eigenvalue weighted by Gasteiger charge is 2.11. The molecule has 2 aromatic rings. The standard InChI is InChI=1S/C14H15ClN2O/c1-10-16-13(14(9-18)17(10)2)8-7-11-5-3-4-6-12(11)15/h3-6,9H,7-8H2,1-2H3. The number of hydrogen-bond acceptors (Lipinski definition) is 2. The molecule has 1 aromatic carbocycles. The van der Waals surface area contributed by atoms with Crippen LogP contribution in [0.5, 0.6) is 0 Å². The van der Waals surface area contributed by atoms with E-state index in [9.17, 15) is 4.79 Å². The molecule has 0 N–H and O–H groups in total. The molecule has 0 fully saturated rings. The summed E-state index contributed by atoms with van der Waals surface area (Å²) in [6, 6.07) is 7.75. The molecule has 0 radical (unpaired) electrons. The lowest BCUT2D eigenvalue weighted by Gasteiger charge is -2.03. The molecule has 1 heterocycles. The van der Waals surface area contributed by atoms with Crippen LogP contribution >= 0.6 is 11.6 Å². The van der Waals surface area contributed by atoms with Gasteiger partial charge in [0.15, 0.2) is 6.29 Å². The molecule has 4 heteroatoms. The first-order chi connectivity index (χ1) is 8.63. The monoisotopic (exact) mass is 262 g/mol. The van der Waals surface area contributed by atoms with E-state index in [0.29, 0.717) is 5.69 Å². The van der Waals surface area contributed by atoms with E-state index in [2.05, 4.69) is 4.98 Å². The molecule has 0 saturated carbocycles. The van der Waals surface area contributed by atoms with Gasteiger partial charge in [-0.1, -0.05) is 29.8 Å². The second-order valence-electron chi connectivity index (χ2n) is 4.26. The van der Waals surface area contributed by atoms with Crippen LogP contribution in [0.15, 0.2) is 24.3 Å². The maximum absolute atomic E-state index is 11.1. The molecule has 94 valence electrons. The summed E-state index contributed by atoms with van der Waals surface area (Å²) in [5.74, 6) is 0.853. The minimum atomic E-state index is 0.652. The fourth-order valence-corrected chi connectivity index (χ4v) is 2.21. The Kier molecular flexibility index (Phi) is 3.82. The summed E-state index contributed by atoms with van der Waals surface area (Å²) in [5.41, 5.74) is 2.57. The van der Waals surface area contributed by atoms with Gasteiger partial charge in [0.05, 0.1) is 5.69 Å². The van der Waals surface area contributed by atoms with Crippen LogP contribution in [-0.2, 0) is 19.9 Å². The topological polar surface area (TPSA) is 34.9 Å². The lowest BCUT2D eigenvalue weighted by Crippen LogP contribution is -2.00. The predicted molar refractivity (Wildman–Crippen MR) is 72.2 cm³/mol. The first-order valence-electron chi connectivity index (χ1n) is 5.84.